The standard InChI is InChI=1S/C29H38N6O3/c1-3-22(21-9-7-14-34(21)2)38-25-16-24(35-15-11-19(17-30)18-35)32-28(33-25)26(31)20-8-6-13-29(27(20)37)12-5-4-10-23(29)36/h3,16,19,21-22H,1,4-15,18,31H2,2H3/t19?,21-,22-,29+/m0/s1. The number of anilines is 1. The molecule has 9 heteroatoms. The number of likely N-dealkylation sites (tertiary alicyclic amines) is 1. The van der Waals surface area contributed by atoms with E-state index in [1.807, 2.05) is 4.90 Å². The summed E-state index contributed by atoms with van der Waals surface area (Å²) < 4.78 is 6.38. The van der Waals surface area contributed by atoms with Crippen molar-refractivity contribution in [3.05, 3.63) is 30.1 Å². The number of hydrogen-bond donors (Lipinski definition) is 1. The van der Waals surface area contributed by atoms with Gasteiger partial charge in [0.05, 0.1) is 29.1 Å². The fraction of sp³-hybridized carbons (Fsp3) is 0.621. The van der Waals surface area contributed by atoms with Gasteiger partial charge < -0.3 is 15.4 Å². The zero-order chi connectivity index (χ0) is 26.9. The number of nitrogens with zero attached hydrogens (tertiary/aromatic N) is 5. The summed E-state index contributed by atoms with van der Waals surface area (Å²) >= 11 is 0. The molecule has 5 rings (SSSR count). The van der Waals surface area contributed by atoms with Crippen LogP contribution in [0.4, 0.5) is 5.82 Å². The van der Waals surface area contributed by atoms with E-state index in [-0.39, 0.29) is 41.2 Å². The highest BCUT2D eigenvalue weighted by molar-refractivity contribution is 6.17. The number of nitriles is 1. The molecule has 1 aromatic heterocycles. The first kappa shape index (κ1) is 26.4. The number of allylic oxidation sites excluding steroid dienone is 1. The molecule has 1 aromatic rings. The van der Waals surface area contributed by atoms with Crippen molar-refractivity contribution < 1.29 is 14.3 Å². The van der Waals surface area contributed by atoms with E-state index in [0.29, 0.717) is 56.0 Å². The number of likely N-dealkylation sites (N-methyl/N-ethyl adjacent to an activating group) is 1. The van der Waals surface area contributed by atoms with Crippen LogP contribution in [-0.4, -0.2) is 65.3 Å². The van der Waals surface area contributed by atoms with Crippen LogP contribution in [0.5, 0.6) is 5.88 Å². The maximum Gasteiger partial charge on any atom is 0.219 e. The summed E-state index contributed by atoms with van der Waals surface area (Å²) in [7, 11) is 2.08. The molecule has 9 nitrogen and oxygen atoms in total. The average molecular weight is 519 g/mol. The van der Waals surface area contributed by atoms with Crippen molar-refractivity contribution in [1.29, 1.82) is 5.26 Å². The second-order valence-corrected chi connectivity index (χ2v) is 11.2. The van der Waals surface area contributed by atoms with Gasteiger partial charge in [-0.2, -0.15) is 10.2 Å². The number of rotatable bonds is 6. The second-order valence-electron chi connectivity index (χ2n) is 11.2. The van der Waals surface area contributed by atoms with E-state index >= 15 is 0 Å². The summed E-state index contributed by atoms with van der Waals surface area (Å²) in [5.74, 6) is 1.06. The van der Waals surface area contributed by atoms with Gasteiger partial charge in [-0.25, -0.2) is 4.98 Å². The van der Waals surface area contributed by atoms with Gasteiger partial charge in [-0.15, -0.1) is 0 Å². The van der Waals surface area contributed by atoms with Crippen molar-refractivity contribution >= 4 is 23.1 Å². The Hall–Kier alpha value is -3.25. The topological polar surface area (TPSA) is 125 Å². The van der Waals surface area contributed by atoms with Gasteiger partial charge >= 0.3 is 0 Å². The molecule has 4 fully saturated rings. The fourth-order valence-corrected chi connectivity index (χ4v) is 6.67. The third kappa shape index (κ3) is 4.82. The molecule has 2 saturated carbocycles. The van der Waals surface area contributed by atoms with E-state index in [9.17, 15) is 14.9 Å². The summed E-state index contributed by atoms with van der Waals surface area (Å²) in [5, 5.41) is 9.42. The first-order chi connectivity index (χ1) is 18.4. The molecule has 0 radical (unpaired) electrons. The van der Waals surface area contributed by atoms with E-state index in [1.165, 1.54) is 0 Å². The van der Waals surface area contributed by atoms with Crippen molar-refractivity contribution in [2.24, 2.45) is 17.1 Å². The van der Waals surface area contributed by atoms with Crippen molar-refractivity contribution in [1.82, 2.24) is 14.9 Å². The number of nitrogens with two attached hydrogens (primary N) is 1. The highest BCUT2D eigenvalue weighted by atomic mass is 16.5. The van der Waals surface area contributed by atoms with Crippen molar-refractivity contribution in [3.8, 4) is 11.9 Å². The predicted octanol–water partition coefficient (Wildman–Crippen LogP) is 3.41. The lowest BCUT2D eigenvalue weighted by molar-refractivity contribution is -0.143. The first-order valence-electron chi connectivity index (χ1n) is 14.0. The number of ether oxygens (including phenoxy) is 1. The van der Waals surface area contributed by atoms with E-state index in [1.54, 1.807) is 12.1 Å². The molecule has 0 aromatic carbocycles. The summed E-state index contributed by atoms with van der Waals surface area (Å²) in [6.07, 6.45) is 9.00. The molecule has 0 amide bonds. The van der Waals surface area contributed by atoms with Crippen LogP contribution < -0.4 is 15.4 Å². The lowest BCUT2D eigenvalue weighted by Crippen LogP contribution is -2.45. The summed E-state index contributed by atoms with van der Waals surface area (Å²) in [4.78, 5) is 40.5. The van der Waals surface area contributed by atoms with Gasteiger partial charge in [0.1, 0.15) is 17.7 Å². The van der Waals surface area contributed by atoms with Gasteiger partial charge in [0.15, 0.2) is 11.6 Å². The highest BCUT2D eigenvalue weighted by Crippen LogP contribution is 2.45. The van der Waals surface area contributed by atoms with Crippen LogP contribution in [0.25, 0.3) is 5.70 Å². The van der Waals surface area contributed by atoms with Crippen LogP contribution in [0.15, 0.2) is 24.3 Å². The van der Waals surface area contributed by atoms with E-state index in [2.05, 4.69) is 29.6 Å². The zero-order valence-corrected chi connectivity index (χ0v) is 22.3. The van der Waals surface area contributed by atoms with Gasteiger partial charge in [0.25, 0.3) is 0 Å². The molecule has 0 bridgehead atoms. The summed E-state index contributed by atoms with van der Waals surface area (Å²) in [6.45, 7) is 6.26. The average Bonchev–Trinajstić information content (AvgIpc) is 3.59. The van der Waals surface area contributed by atoms with Gasteiger partial charge in [0, 0.05) is 31.1 Å². The van der Waals surface area contributed by atoms with Crippen LogP contribution in [0.3, 0.4) is 0 Å². The van der Waals surface area contributed by atoms with Gasteiger partial charge in [-0.05, 0) is 71.0 Å². The minimum Gasteiger partial charge on any atom is -0.468 e. The van der Waals surface area contributed by atoms with Crippen LogP contribution in [-0.2, 0) is 9.59 Å². The molecule has 202 valence electrons. The molecular weight excluding hydrogens is 480 g/mol. The SMILES string of the molecule is C=C[C@H](Oc1cc(N2CCC(C#N)C2)nc(C(N)=C2CCC[C@@]3(CCCCC3=O)C2=O)n1)[C@@H]1CCCN1C. The van der Waals surface area contributed by atoms with Crippen LogP contribution in [0, 0.1) is 22.7 Å². The van der Waals surface area contributed by atoms with Crippen molar-refractivity contribution in [2.75, 3.05) is 31.6 Å². The van der Waals surface area contributed by atoms with Crippen molar-refractivity contribution in [2.45, 2.75) is 76.4 Å². The molecule has 2 saturated heterocycles. The van der Waals surface area contributed by atoms with Gasteiger partial charge in [0.2, 0.25) is 5.88 Å². The highest BCUT2D eigenvalue weighted by Gasteiger charge is 2.49. The third-order valence-electron chi connectivity index (χ3n) is 8.93. The summed E-state index contributed by atoms with van der Waals surface area (Å²) in [5.41, 5.74) is 6.40. The maximum absolute atomic E-state index is 13.8. The monoisotopic (exact) mass is 518 g/mol. The molecule has 38 heavy (non-hydrogen) atoms. The van der Waals surface area contributed by atoms with E-state index < -0.39 is 5.41 Å². The fourth-order valence-electron chi connectivity index (χ4n) is 6.67. The molecule has 1 spiro atoms. The Bertz CT molecular complexity index is 1190. The van der Waals surface area contributed by atoms with E-state index in [4.69, 9.17) is 15.5 Å². The predicted molar refractivity (Wildman–Crippen MR) is 144 cm³/mol. The maximum atomic E-state index is 13.8. The Morgan fingerprint density at radius 2 is 2.03 bits per heavy atom. The van der Waals surface area contributed by atoms with E-state index in [0.717, 1.165) is 45.1 Å². The smallest absolute Gasteiger partial charge is 0.219 e. The summed E-state index contributed by atoms with van der Waals surface area (Å²) in [6, 6.07) is 4.33. The van der Waals surface area contributed by atoms with Gasteiger partial charge in [-0.3, -0.25) is 14.5 Å². The number of aromatic nitrogens is 2. The van der Waals surface area contributed by atoms with Crippen molar-refractivity contribution in [3.63, 3.8) is 0 Å². The number of carbonyl (C=O) groups excluding carboxylic acids is 2. The molecule has 2 N–H and O–H groups in total. The van der Waals surface area contributed by atoms with Crippen LogP contribution >= 0.6 is 0 Å². The molecule has 1 unspecified atom stereocenters. The lowest BCUT2D eigenvalue weighted by atomic mass is 9.62. The van der Waals surface area contributed by atoms with Crippen LogP contribution in [0.2, 0.25) is 0 Å². The molecule has 2 aliphatic heterocycles. The Labute approximate surface area is 224 Å². The minimum atomic E-state index is -0.941. The molecule has 4 aliphatic rings. The molecule has 3 heterocycles. The number of Topliss-reactive ketones (excluding diaryl/α,β-unsaturated/α-hetero) is 2. The first-order valence-corrected chi connectivity index (χ1v) is 14.0. The Morgan fingerprint density at radius 3 is 2.71 bits per heavy atom. The Morgan fingerprint density at radius 1 is 1.21 bits per heavy atom. The lowest BCUT2D eigenvalue weighted by Gasteiger charge is -2.38. The van der Waals surface area contributed by atoms with Crippen LogP contribution in [0.1, 0.15) is 70.0 Å². The molecule has 4 atom stereocenters. The molecule has 2 aliphatic carbocycles. The quantitative estimate of drug-likeness (QED) is 0.342. The zero-order valence-electron chi connectivity index (χ0n) is 22.3. The number of hydrogen-bond acceptors (Lipinski definition) is 9. The third-order valence-corrected chi connectivity index (χ3v) is 8.93. The second kappa shape index (κ2) is 10.9. The minimum absolute atomic E-state index is 0.0477. The normalized spacial score (nSPS) is 30.4. The van der Waals surface area contributed by atoms with Gasteiger partial charge in [-0.1, -0.05) is 13.0 Å². The number of carbonyl (C=O) groups is 2. The Kier molecular flexibility index (Phi) is 7.53. The number of ketones is 2. The largest absolute Gasteiger partial charge is 0.468 e. The Balaban J connectivity index is 1.52. The molecular formula is C29H38N6O3.